The molecule has 0 radical (unpaired) electrons. The maximum atomic E-state index is 13.2. The molecular formula is C20H18ClF3N4O3S2. The van der Waals surface area contributed by atoms with Crippen molar-refractivity contribution < 1.29 is 26.4 Å². The van der Waals surface area contributed by atoms with Crippen LogP contribution >= 0.6 is 22.9 Å². The van der Waals surface area contributed by atoms with E-state index in [0.717, 1.165) is 6.26 Å². The second kappa shape index (κ2) is 10.1. The molecule has 2 aromatic heterocycles. The van der Waals surface area contributed by atoms with Gasteiger partial charge in [-0.05, 0) is 24.3 Å². The van der Waals surface area contributed by atoms with Gasteiger partial charge in [-0.15, -0.1) is 11.3 Å². The van der Waals surface area contributed by atoms with Crippen LogP contribution in [0, 0.1) is 0 Å². The Bertz CT molecular complexity index is 1250. The number of aryl methyl sites for hydroxylation is 1. The van der Waals surface area contributed by atoms with Crippen molar-refractivity contribution in [3.05, 3.63) is 63.2 Å². The van der Waals surface area contributed by atoms with Crippen LogP contribution in [0.2, 0.25) is 5.02 Å². The minimum Gasteiger partial charge on any atom is -0.333 e. The fourth-order valence-corrected chi connectivity index (χ4v) is 4.39. The van der Waals surface area contributed by atoms with Crippen LogP contribution in [0.25, 0.3) is 11.3 Å². The molecule has 0 saturated heterocycles. The van der Waals surface area contributed by atoms with E-state index in [-0.39, 0.29) is 29.3 Å². The molecule has 0 saturated carbocycles. The average molecular weight is 519 g/mol. The number of thiazole rings is 1. The van der Waals surface area contributed by atoms with Crippen LogP contribution in [-0.4, -0.2) is 36.4 Å². The lowest BCUT2D eigenvalue weighted by atomic mass is 10.1. The fraction of sp³-hybridized carbons (Fsp3) is 0.250. The molecule has 2 N–H and O–H groups in total. The van der Waals surface area contributed by atoms with Crippen LogP contribution < -0.4 is 10.6 Å². The number of nitrogens with zero attached hydrogens (tertiary/aromatic N) is 2. The van der Waals surface area contributed by atoms with Gasteiger partial charge in [0.15, 0.2) is 5.01 Å². The van der Waals surface area contributed by atoms with Crippen LogP contribution in [0.15, 0.2) is 42.6 Å². The third-order valence-electron chi connectivity index (χ3n) is 4.26. The fourth-order valence-electron chi connectivity index (χ4n) is 2.73. The topological polar surface area (TPSA) is 101 Å². The summed E-state index contributed by atoms with van der Waals surface area (Å²) < 4.78 is 62.0. The first-order chi connectivity index (χ1) is 15.4. The summed E-state index contributed by atoms with van der Waals surface area (Å²) in [5.74, 6) is -0.0447. The molecule has 176 valence electrons. The lowest BCUT2D eigenvalue weighted by Crippen LogP contribution is -2.28. The minimum absolute atomic E-state index is 0.0447. The summed E-state index contributed by atoms with van der Waals surface area (Å²) in [6, 6.07) is 8.75. The summed E-state index contributed by atoms with van der Waals surface area (Å²) in [5.41, 5.74) is 1.38. The summed E-state index contributed by atoms with van der Waals surface area (Å²) in [6.45, 7) is -0.193. The van der Waals surface area contributed by atoms with E-state index < -0.39 is 27.1 Å². The number of aromatic nitrogens is 2. The van der Waals surface area contributed by atoms with E-state index in [4.69, 9.17) is 11.6 Å². The van der Waals surface area contributed by atoms with Gasteiger partial charge in [0, 0.05) is 29.0 Å². The second-order valence-electron chi connectivity index (χ2n) is 7.02. The third kappa shape index (κ3) is 7.41. The highest BCUT2D eigenvalue weighted by molar-refractivity contribution is 7.90. The van der Waals surface area contributed by atoms with Crippen LogP contribution in [0.4, 0.5) is 23.7 Å². The van der Waals surface area contributed by atoms with Gasteiger partial charge in [-0.3, -0.25) is 4.98 Å². The van der Waals surface area contributed by atoms with Crippen LogP contribution in [0.1, 0.15) is 15.6 Å². The van der Waals surface area contributed by atoms with Gasteiger partial charge in [0.25, 0.3) is 0 Å². The lowest BCUT2D eigenvalue weighted by Gasteiger charge is -2.08. The van der Waals surface area contributed by atoms with Crippen LogP contribution in [0.3, 0.4) is 0 Å². The Hall–Kier alpha value is -2.70. The molecule has 0 atom stereocenters. The second-order valence-corrected chi connectivity index (χ2v) is 10.8. The number of sulfone groups is 1. The number of hydrogen-bond donors (Lipinski definition) is 2. The monoisotopic (exact) mass is 518 g/mol. The highest BCUT2D eigenvalue weighted by Crippen LogP contribution is 2.38. The van der Waals surface area contributed by atoms with Gasteiger partial charge in [-0.25, -0.2) is 18.2 Å². The zero-order chi connectivity index (χ0) is 24.2. The number of amides is 2. The third-order valence-corrected chi connectivity index (χ3v) is 6.54. The highest BCUT2D eigenvalue weighted by atomic mass is 35.5. The highest BCUT2D eigenvalue weighted by Gasteiger charge is 2.36. The number of urea groups is 1. The molecule has 2 amide bonds. The van der Waals surface area contributed by atoms with Crippen molar-refractivity contribution in [2.75, 3.05) is 17.3 Å². The Balaban J connectivity index is 1.68. The maximum Gasteiger partial charge on any atom is 0.443 e. The molecule has 0 fully saturated rings. The maximum absolute atomic E-state index is 13.2. The Labute approximate surface area is 197 Å². The number of alkyl halides is 3. The Morgan fingerprint density at radius 2 is 1.97 bits per heavy atom. The van der Waals surface area contributed by atoms with Crippen LogP contribution in [0.5, 0.6) is 0 Å². The van der Waals surface area contributed by atoms with Gasteiger partial charge in [0.1, 0.15) is 9.84 Å². The molecule has 3 aromatic rings. The summed E-state index contributed by atoms with van der Waals surface area (Å²) in [4.78, 5) is 20.3. The zero-order valence-electron chi connectivity index (χ0n) is 17.1. The van der Waals surface area contributed by atoms with E-state index in [1.807, 2.05) is 0 Å². The predicted octanol–water partition coefficient (Wildman–Crippen LogP) is 4.79. The summed E-state index contributed by atoms with van der Waals surface area (Å²) in [7, 11) is -3.12. The zero-order valence-corrected chi connectivity index (χ0v) is 19.5. The van der Waals surface area contributed by atoms with Gasteiger partial charge in [0.2, 0.25) is 0 Å². The number of rotatable bonds is 7. The molecule has 2 heterocycles. The SMILES string of the molecule is CS(=O)(=O)CCc1ccc(NC(=O)NCc2sc(C(F)(F)F)nc2-c2cccc(Cl)c2)cn1. The van der Waals surface area contributed by atoms with E-state index in [0.29, 0.717) is 33.3 Å². The normalized spacial score (nSPS) is 11.9. The predicted molar refractivity (Wildman–Crippen MR) is 121 cm³/mol. The number of carbonyl (C=O) groups excluding carboxylic acids is 1. The quantitative estimate of drug-likeness (QED) is 0.468. The number of nitrogens with one attached hydrogen (secondary N) is 2. The number of pyridine rings is 1. The van der Waals surface area contributed by atoms with Crippen molar-refractivity contribution >= 4 is 44.5 Å². The first-order valence-corrected chi connectivity index (χ1v) is 12.7. The standard InChI is InChI=1S/C20H18ClF3N4O3S2/c1-33(30,31)8-7-14-5-6-15(10-25-14)27-19(29)26-11-16-17(12-3-2-4-13(21)9-12)28-18(32-16)20(22,23)24/h2-6,9-10H,7-8,11H2,1H3,(H2,26,27,29). The number of anilines is 1. The molecule has 7 nitrogen and oxygen atoms in total. The molecule has 13 heteroatoms. The molecule has 3 rings (SSSR count). The largest absolute Gasteiger partial charge is 0.443 e. The number of carbonyl (C=O) groups is 1. The molecule has 0 unspecified atom stereocenters. The first kappa shape index (κ1) is 24.9. The van der Waals surface area contributed by atoms with E-state index in [1.54, 1.807) is 30.3 Å². The lowest BCUT2D eigenvalue weighted by molar-refractivity contribution is -0.137. The molecule has 0 bridgehead atoms. The molecule has 1 aromatic carbocycles. The van der Waals surface area contributed by atoms with Crippen LogP contribution in [-0.2, 0) is 29.0 Å². The summed E-state index contributed by atoms with van der Waals surface area (Å²) in [6.07, 6.45) is -1.89. The summed E-state index contributed by atoms with van der Waals surface area (Å²) >= 11 is 6.39. The van der Waals surface area contributed by atoms with Gasteiger partial charge >= 0.3 is 12.2 Å². The minimum atomic E-state index is -4.62. The van der Waals surface area contributed by atoms with E-state index in [9.17, 15) is 26.4 Å². The Morgan fingerprint density at radius 1 is 1.21 bits per heavy atom. The van der Waals surface area contributed by atoms with Gasteiger partial charge in [0.05, 0.1) is 34.8 Å². The average Bonchev–Trinajstić information content (AvgIpc) is 3.16. The van der Waals surface area contributed by atoms with Crippen molar-refractivity contribution in [3.8, 4) is 11.3 Å². The molecular weight excluding hydrogens is 501 g/mol. The van der Waals surface area contributed by atoms with Gasteiger partial charge in [-0.2, -0.15) is 13.2 Å². The Morgan fingerprint density at radius 3 is 2.58 bits per heavy atom. The van der Waals surface area contributed by atoms with E-state index in [1.165, 1.54) is 12.3 Å². The number of hydrogen-bond acceptors (Lipinski definition) is 6. The van der Waals surface area contributed by atoms with E-state index in [2.05, 4.69) is 20.6 Å². The van der Waals surface area contributed by atoms with Crippen molar-refractivity contribution in [2.24, 2.45) is 0 Å². The van der Waals surface area contributed by atoms with Gasteiger partial charge < -0.3 is 10.6 Å². The Kier molecular flexibility index (Phi) is 7.60. The van der Waals surface area contributed by atoms with Crippen molar-refractivity contribution in [2.45, 2.75) is 19.1 Å². The van der Waals surface area contributed by atoms with Gasteiger partial charge in [-0.1, -0.05) is 23.7 Å². The molecule has 0 aliphatic carbocycles. The van der Waals surface area contributed by atoms with Crippen molar-refractivity contribution in [3.63, 3.8) is 0 Å². The first-order valence-electron chi connectivity index (χ1n) is 9.41. The number of halogens is 4. The molecule has 0 aliphatic rings. The molecule has 33 heavy (non-hydrogen) atoms. The van der Waals surface area contributed by atoms with E-state index >= 15 is 0 Å². The smallest absolute Gasteiger partial charge is 0.333 e. The van der Waals surface area contributed by atoms with Crippen molar-refractivity contribution in [1.29, 1.82) is 0 Å². The molecule has 0 spiro atoms. The van der Waals surface area contributed by atoms with Crippen molar-refractivity contribution in [1.82, 2.24) is 15.3 Å². The molecule has 0 aliphatic heterocycles. The summed E-state index contributed by atoms with van der Waals surface area (Å²) in [5, 5.41) is 4.36. The number of benzene rings is 1.